The second-order valence-electron chi connectivity index (χ2n) is 3.10. The van der Waals surface area contributed by atoms with E-state index in [-0.39, 0.29) is 5.91 Å². The maximum atomic E-state index is 12.0. The molecule has 0 saturated carbocycles. The van der Waals surface area contributed by atoms with Crippen molar-refractivity contribution in [2.45, 2.75) is 13.8 Å². The first-order valence-corrected chi connectivity index (χ1v) is 5.54. The molecule has 0 aliphatic carbocycles. The lowest BCUT2D eigenvalue weighted by Crippen LogP contribution is -2.30. The van der Waals surface area contributed by atoms with Crippen LogP contribution in [0.15, 0.2) is 12.7 Å². The Hall–Kier alpha value is -1.36. The molecule has 2 N–H and O–H groups in total. The number of likely N-dealkylation sites (N-methyl/N-ethyl adjacent to an activating group) is 1. The van der Waals surface area contributed by atoms with Gasteiger partial charge in [-0.05, 0) is 13.8 Å². The number of aryl methyl sites for hydroxylation is 1. The Balaban J connectivity index is 2.91. The van der Waals surface area contributed by atoms with Gasteiger partial charge in [-0.3, -0.25) is 4.79 Å². The molecule has 0 aliphatic rings. The van der Waals surface area contributed by atoms with E-state index < -0.39 is 0 Å². The Labute approximate surface area is 93.4 Å². The average Bonchev–Trinajstić information content (AvgIpc) is 2.53. The number of nitrogens with two attached hydrogens (primary N) is 1. The molecule has 0 aromatic carbocycles. The highest BCUT2D eigenvalue weighted by atomic mass is 32.1. The fraction of sp³-hybridized carbons (Fsp3) is 0.400. The zero-order chi connectivity index (χ0) is 11.4. The van der Waals surface area contributed by atoms with Crippen molar-refractivity contribution in [3.05, 3.63) is 23.2 Å². The van der Waals surface area contributed by atoms with Gasteiger partial charge < -0.3 is 10.6 Å². The highest BCUT2D eigenvalue weighted by Gasteiger charge is 2.18. The first-order valence-electron chi connectivity index (χ1n) is 4.73. The fourth-order valence-electron chi connectivity index (χ4n) is 1.27. The van der Waals surface area contributed by atoms with Crippen LogP contribution in [-0.4, -0.2) is 28.9 Å². The second kappa shape index (κ2) is 4.93. The molecule has 1 rings (SSSR count). The van der Waals surface area contributed by atoms with Gasteiger partial charge in [-0.1, -0.05) is 17.4 Å². The van der Waals surface area contributed by atoms with Crippen molar-refractivity contribution < 1.29 is 4.79 Å². The van der Waals surface area contributed by atoms with E-state index in [9.17, 15) is 4.79 Å². The van der Waals surface area contributed by atoms with Crippen molar-refractivity contribution in [1.82, 2.24) is 9.88 Å². The smallest absolute Gasteiger partial charge is 0.266 e. The lowest BCUT2D eigenvalue weighted by atomic mass is 10.3. The molecule has 1 aromatic heterocycles. The lowest BCUT2D eigenvalue weighted by molar-refractivity contribution is 0.0786. The molecule has 0 aliphatic heterocycles. The Morgan fingerprint density at radius 3 is 2.80 bits per heavy atom. The normalized spacial score (nSPS) is 10.0. The number of hydrogen-bond donors (Lipinski definition) is 1. The number of thiazole rings is 1. The van der Waals surface area contributed by atoms with Crippen LogP contribution in [0.2, 0.25) is 0 Å². The summed E-state index contributed by atoms with van der Waals surface area (Å²) in [6, 6.07) is 0. The number of anilines is 1. The molecule has 82 valence electrons. The number of aromatic nitrogens is 1. The molecular formula is C10H15N3OS. The number of carbonyl (C=O) groups is 1. The van der Waals surface area contributed by atoms with Crippen molar-refractivity contribution in [1.29, 1.82) is 0 Å². The molecule has 0 unspecified atom stereocenters. The third-order valence-corrected chi connectivity index (χ3v) is 3.00. The topological polar surface area (TPSA) is 59.2 Å². The van der Waals surface area contributed by atoms with E-state index >= 15 is 0 Å². The van der Waals surface area contributed by atoms with Gasteiger partial charge in [0.15, 0.2) is 5.13 Å². The highest BCUT2D eigenvalue weighted by Crippen LogP contribution is 2.21. The largest absolute Gasteiger partial charge is 0.375 e. The molecule has 0 spiro atoms. The van der Waals surface area contributed by atoms with Crippen molar-refractivity contribution in [2.24, 2.45) is 0 Å². The van der Waals surface area contributed by atoms with E-state index in [1.165, 1.54) is 11.3 Å². The van der Waals surface area contributed by atoms with Gasteiger partial charge in [0.05, 0.1) is 5.69 Å². The van der Waals surface area contributed by atoms with Gasteiger partial charge >= 0.3 is 0 Å². The average molecular weight is 225 g/mol. The van der Waals surface area contributed by atoms with Crippen LogP contribution in [0.5, 0.6) is 0 Å². The van der Waals surface area contributed by atoms with E-state index in [4.69, 9.17) is 5.73 Å². The summed E-state index contributed by atoms with van der Waals surface area (Å²) in [6.07, 6.45) is 1.71. The quantitative estimate of drug-likeness (QED) is 0.793. The van der Waals surface area contributed by atoms with Crippen molar-refractivity contribution in [3.8, 4) is 0 Å². The van der Waals surface area contributed by atoms with Crippen LogP contribution in [0.25, 0.3) is 0 Å². The van der Waals surface area contributed by atoms with Gasteiger partial charge in [0.1, 0.15) is 4.88 Å². The third kappa shape index (κ3) is 2.56. The molecule has 0 fully saturated rings. The predicted molar refractivity (Wildman–Crippen MR) is 63.0 cm³/mol. The SMILES string of the molecule is C=CCN(CC)C(=O)c1sc(N)nc1C. The molecular weight excluding hydrogens is 210 g/mol. The predicted octanol–water partition coefficient (Wildman–Crippen LogP) is 1.68. The monoisotopic (exact) mass is 225 g/mol. The van der Waals surface area contributed by atoms with Gasteiger partial charge in [0.2, 0.25) is 0 Å². The van der Waals surface area contributed by atoms with Crippen LogP contribution in [0.1, 0.15) is 22.3 Å². The maximum absolute atomic E-state index is 12.0. The minimum absolute atomic E-state index is 0.0240. The molecule has 1 aromatic rings. The lowest BCUT2D eigenvalue weighted by Gasteiger charge is -2.17. The Bertz CT molecular complexity index is 373. The fourth-order valence-corrected chi connectivity index (χ4v) is 2.07. The zero-order valence-corrected chi connectivity index (χ0v) is 9.80. The summed E-state index contributed by atoms with van der Waals surface area (Å²) < 4.78 is 0. The number of nitrogen functional groups attached to an aromatic ring is 1. The number of rotatable bonds is 4. The van der Waals surface area contributed by atoms with E-state index in [1.54, 1.807) is 17.9 Å². The van der Waals surface area contributed by atoms with Crippen molar-refractivity contribution in [3.63, 3.8) is 0 Å². The van der Waals surface area contributed by atoms with Gasteiger partial charge in [-0.25, -0.2) is 4.98 Å². The molecule has 15 heavy (non-hydrogen) atoms. The summed E-state index contributed by atoms with van der Waals surface area (Å²) in [4.78, 5) is 18.3. The number of carbonyl (C=O) groups excluding carboxylic acids is 1. The summed E-state index contributed by atoms with van der Waals surface area (Å²) in [6.45, 7) is 8.55. The van der Waals surface area contributed by atoms with Gasteiger partial charge in [0.25, 0.3) is 5.91 Å². The summed E-state index contributed by atoms with van der Waals surface area (Å²) in [7, 11) is 0. The van der Waals surface area contributed by atoms with E-state index in [0.717, 1.165) is 0 Å². The van der Waals surface area contributed by atoms with Gasteiger partial charge in [-0.2, -0.15) is 0 Å². The van der Waals surface area contributed by atoms with E-state index in [0.29, 0.717) is 28.8 Å². The van der Waals surface area contributed by atoms with Crippen LogP contribution in [0, 0.1) is 6.92 Å². The van der Waals surface area contributed by atoms with Gasteiger partial charge in [0, 0.05) is 13.1 Å². The van der Waals surface area contributed by atoms with E-state index in [1.807, 2.05) is 6.92 Å². The Morgan fingerprint density at radius 2 is 2.40 bits per heavy atom. The molecule has 5 heteroatoms. The standard InChI is InChI=1S/C10H15N3OS/c1-4-6-13(5-2)9(14)8-7(3)12-10(11)15-8/h4H,1,5-6H2,2-3H3,(H2,11,12). The molecule has 4 nitrogen and oxygen atoms in total. The highest BCUT2D eigenvalue weighted by molar-refractivity contribution is 7.17. The van der Waals surface area contributed by atoms with Crippen molar-refractivity contribution in [2.75, 3.05) is 18.8 Å². The summed E-state index contributed by atoms with van der Waals surface area (Å²) in [5.74, 6) is -0.0240. The number of nitrogens with zero attached hydrogens (tertiary/aromatic N) is 2. The van der Waals surface area contributed by atoms with Crippen LogP contribution in [-0.2, 0) is 0 Å². The minimum atomic E-state index is -0.0240. The van der Waals surface area contributed by atoms with Crippen LogP contribution in [0.4, 0.5) is 5.13 Å². The van der Waals surface area contributed by atoms with Crippen molar-refractivity contribution >= 4 is 22.4 Å². The summed E-state index contributed by atoms with van der Waals surface area (Å²) in [5, 5.41) is 0.436. The zero-order valence-electron chi connectivity index (χ0n) is 8.99. The Morgan fingerprint density at radius 1 is 1.73 bits per heavy atom. The molecule has 1 heterocycles. The molecule has 1 amide bonds. The molecule has 0 saturated heterocycles. The first-order chi connectivity index (χ1) is 7.10. The van der Waals surface area contributed by atoms with Crippen LogP contribution < -0.4 is 5.73 Å². The molecule has 0 bridgehead atoms. The van der Waals surface area contributed by atoms with Crippen LogP contribution in [0.3, 0.4) is 0 Å². The minimum Gasteiger partial charge on any atom is -0.375 e. The molecule has 0 atom stereocenters. The maximum Gasteiger partial charge on any atom is 0.266 e. The summed E-state index contributed by atoms with van der Waals surface area (Å²) >= 11 is 1.23. The van der Waals surface area contributed by atoms with E-state index in [2.05, 4.69) is 11.6 Å². The molecule has 0 radical (unpaired) electrons. The number of amides is 1. The first kappa shape index (κ1) is 11.7. The van der Waals surface area contributed by atoms with Crippen LogP contribution >= 0.6 is 11.3 Å². The second-order valence-corrected chi connectivity index (χ2v) is 4.13. The number of hydrogen-bond acceptors (Lipinski definition) is 4. The summed E-state index contributed by atoms with van der Waals surface area (Å²) in [5.41, 5.74) is 6.25. The Kier molecular flexibility index (Phi) is 3.85. The van der Waals surface area contributed by atoms with Gasteiger partial charge in [-0.15, -0.1) is 6.58 Å². The third-order valence-electron chi connectivity index (χ3n) is 2.03.